The van der Waals surface area contributed by atoms with Gasteiger partial charge in [0.1, 0.15) is 12.3 Å². The van der Waals surface area contributed by atoms with Crippen LogP contribution in [0.3, 0.4) is 0 Å². The van der Waals surface area contributed by atoms with E-state index >= 15 is 0 Å². The Morgan fingerprint density at radius 3 is 2.11 bits per heavy atom. The van der Waals surface area contributed by atoms with Crippen molar-refractivity contribution in [1.29, 1.82) is 0 Å². The molecule has 0 saturated heterocycles. The van der Waals surface area contributed by atoms with E-state index in [1.165, 1.54) is 5.56 Å². The summed E-state index contributed by atoms with van der Waals surface area (Å²) < 4.78 is 7.35. The van der Waals surface area contributed by atoms with Crippen molar-refractivity contribution in [2.45, 2.75) is 60.4 Å². The first-order valence-corrected chi connectivity index (χ1v) is 12.8. The first kappa shape index (κ1) is 26.5. The van der Waals surface area contributed by atoms with E-state index in [0.29, 0.717) is 28.7 Å². The first-order valence-electron chi connectivity index (χ1n) is 12.8. The Morgan fingerprint density at radius 1 is 0.943 bits per heavy atom. The van der Waals surface area contributed by atoms with Gasteiger partial charge in [-0.15, -0.1) is 0 Å². The smallest absolute Gasteiger partial charge is 0.242 e. The fourth-order valence-corrected chi connectivity index (χ4v) is 4.19. The summed E-state index contributed by atoms with van der Waals surface area (Å²) in [5.41, 5.74) is 3.29. The maximum absolute atomic E-state index is 13.5. The van der Waals surface area contributed by atoms with Gasteiger partial charge in [-0.3, -0.25) is 9.59 Å². The predicted molar refractivity (Wildman–Crippen MR) is 143 cm³/mol. The number of nitrogens with zero attached hydrogens (tertiary/aromatic N) is 2. The van der Waals surface area contributed by atoms with E-state index in [1.54, 1.807) is 7.11 Å². The minimum Gasteiger partial charge on any atom is -0.497 e. The maximum Gasteiger partial charge on any atom is 0.242 e. The lowest BCUT2D eigenvalue weighted by molar-refractivity contribution is -0.132. The van der Waals surface area contributed by atoms with Crippen LogP contribution in [0.4, 0.5) is 0 Å². The number of benzene rings is 2. The minimum atomic E-state index is -0.0366. The highest BCUT2D eigenvalue weighted by molar-refractivity contribution is 6.16. The van der Waals surface area contributed by atoms with Crippen molar-refractivity contribution < 1.29 is 14.3 Å². The van der Waals surface area contributed by atoms with Gasteiger partial charge >= 0.3 is 0 Å². The molecule has 2 aromatic carbocycles. The van der Waals surface area contributed by atoms with E-state index < -0.39 is 0 Å². The van der Waals surface area contributed by atoms with Crippen LogP contribution >= 0.6 is 0 Å². The number of rotatable bonds is 12. The molecule has 35 heavy (non-hydrogen) atoms. The summed E-state index contributed by atoms with van der Waals surface area (Å²) >= 11 is 0. The quantitative estimate of drug-likeness (QED) is 0.286. The summed E-state index contributed by atoms with van der Waals surface area (Å²) in [5, 5.41) is 0.832. The van der Waals surface area contributed by atoms with Crippen molar-refractivity contribution in [3.63, 3.8) is 0 Å². The lowest BCUT2D eigenvalue weighted by atomic mass is 10.0. The molecule has 5 nitrogen and oxygen atoms in total. The Morgan fingerprint density at radius 2 is 1.57 bits per heavy atom. The molecule has 0 N–H and O–H groups in total. The molecule has 0 fully saturated rings. The van der Waals surface area contributed by atoms with Crippen molar-refractivity contribution in [3.05, 3.63) is 65.4 Å². The number of aryl methyl sites for hydroxylation is 1. The third kappa shape index (κ3) is 6.74. The molecule has 0 atom stereocenters. The van der Waals surface area contributed by atoms with Gasteiger partial charge in [-0.1, -0.05) is 58.9 Å². The molecule has 3 aromatic rings. The van der Waals surface area contributed by atoms with E-state index in [1.807, 2.05) is 58.1 Å². The number of methoxy groups -OCH3 is 1. The van der Waals surface area contributed by atoms with Gasteiger partial charge in [0.05, 0.1) is 12.6 Å². The minimum absolute atomic E-state index is 0.0366. The normalized spacial score (nSPS) is 11.4. The van der Waals surface area contributed by atoms with Crippen LogP contribution < -0.4 is 4.74 Å². The Hall–Kier alpha value is -3.08. The summed E-state index contributed by atoms with van der Waals surface area (Å²) in [7, 11) is 1.63. The summed E-state index contributed by atoms with van der Waals surface area (Å²) in [6.07, 6.45) is 4.71. The molecule has 0 radical (unpaired) electrons. The Kier molecular flexibility index (Phi) is 9.13. The molecule has 0 aliphatic rings. The van der Waals surface area contributed by atoms with Crippen LogP contribution in [0.25, 0.3) is 10.9 Å². The molecule has 188 valence electrons. The zero-order chi connectivity index (χ0) is 25.5. The van der Waals surface area contributed by atoms with E-state index in [2.05, 4.69) is 34.6 Å². The molecule has 0 spiro atoms. The van der Waals surface area contributed by atoms with Gasteiger partial charge in [0.2, 0.25) is 5.91 Å². The van der Waals surface area contributed by atoms with Gasteiger partial charge in [0, 0.05) is 41.9 Å². The van der Waals surface area contributed by atoms with E-state index in [4.69, 9.17) is 4.74 Å². The highest BCUT2D eigenvalue weighted by Gasteiger charge is 2.21. The monoisotopic (exact) mass is 476 g/mol. The molecule has 0 aliphatic heterocycles. The number of amides is 1. The average Bonchev–Trinajstić information content (AvgIpc) is 3.20. The Balaban J connectivity index is 1.95. The predicted octanol–water partition coefficient (Wildman–Crippen LogP) is 6.36. The number of ether oxygens (including phenoxy) is 1. The second-order valence-electron chi connectivity index (χ2n) is 10.2. The summed E-state index contributed by atoms with van der Waals surface area (Å²) in [5.74, 6) is 1.81. The Labute approximate surface area is 210 Å². The topological polar surface area (TPSA) is 51.5 Å². The van der Waals surface area contributed by atoms with Gasteiger partial charge in [0.15, 0.2) is 5.78 Å². The van der Waals surface area contributed by atoms with Crippen molar-refractivity contribution in [1.82, 2.24) is 9.47 Å². The fraction of sp³-hybridized carbons (Fsp3) is 0.467. The molecule has 0 saturated carbocycles. The van der Waals surface area contributed by atoms with Crippen molar-refractivity contribution >= 4 is 22.6 Å². The van der Waals surface area contributed by atoms with Crippen molar-refractivity contribution in [2.24, 2.45) is 11.8 Å². The molecule has 1 aromatic heterocycles. The third-order valence-corrected chi connectivity index (χ3v) is 6.57. The molecule has 0 unspecified atom stereocenters. The van der Waals surface area contributed by atoms with Gasteiger partial charge in [-0.05, 0) is 48.8 Å². The van der Waals surface area contributed by atoms with Gasteiger partial charge in [-0.25, -0.2) is 0 Å². The molecule has 3 rings (SSSR count). The standard InChI is InChI=1S/C30H40N2O3/c1-7-23-8-10-24(11-9-23)30(34)27-19-32(28-18-25(35-6)12-13-26(27)28)20-29(33)31(16-14-21(2)3)17-15-22(4)5/h8-13,18-19,21-22H,7,14-17,20H2,1-6H3. The van der Waals surface area contributed by atoms with E-state index in [-0.39, 0.29) is 18.2 Å². The highest BCUT2D eigenvalue weighted by Crippen LogP contribution is 2.28. The average molecular weight is 477 g/mol. The number of hydrogen-bond donors (Lipinski definition) is 0. The van der Waals surface area contributed by atoms with Crippen LogP contribution in [-0.4, -0.2) is 41.4 Å². The number of aromatic nitrogens is 1. The van der Waals surface area contributed by atoms with Crippen LogP contribution in [0.1, 0.15) is 68.9 Å². The lowest BCUT2D eigenvalue weighted by Crippen LogP contribution is -2.36. The summed E-state index contributed by atoms with van der Waals surface area (Å²) in [6, 6.07) is 13.5. The number of carbonyl (C=O) groups is 2. The number of carbonyl (C=O) groups excluding carboxylic acids is 2. The van der Waals surface area contributed by atoms with Crippen LogP contribution in [0, 0.1) is 11.8 Å². The van der Waals surface area contributed by atoms with Crippen LogP contribution in [0.5, 0.6) is 5.75 Å². The van der Waals surface area contributed by atoms with Crippen molar-refractivity contribution in [2.75, 3.05) is 20.2 Å². The fourth-order valence-electron chi connectivity index (χ4n) is 4.19. The molecular formula is C30H40N2O3. The first-order chi connectivity index (χ1) is 16.7. The van der Waals surface area contributed by atoms with Crippen LogP contribution in [0.2, 0.25) is 0 Å². The summed E-state index contributed by atoms with van der Waals surface area (Å²) in [6.45, 7) is 12.5. The second kappa shape index (κ2) is 12.1. The van der Waals surface area contributed by atoms with Crippen LogP contribution in [0.15, 0.2) is 48.7 Å². The number of hydrogen-bond acceptors (Lipinski definition) is 3. The number of fused-ring (bicyclic) bond motifs is 1. The van der Waals surface area contributed by atoms with Crippen molar-refractivity contribution in [3.8, 4) is 5.75 Å². The van der Waals surface area contributed by atoms with Crippen LogP contribution in [-0.2, 0) is 17.8 Å². The Bertz CT molecular complexity index is 1130. The SMILES string of the molecule is CCc1ccc(C(=O)c2cn(CC(=O)N(CCC(C)C)CCC(C)C)c3cc(OC)ccc23)cc1. The molecule has 0 aliphatic carbocycles. The maximum atomic E-state index is 13.5. The largest absolute Gasteiger partial charge is 0.497 e. The van der Waals surface area contributed by atoms with Gasteiger partial charge in [-0.2, -0.15) is 0 Å². The molecule has 1 amide bonds. The lowest BCUT2D eigenvalue weighted by Gasteiger charge is -2.25. The third-order valence-electron chi connectivity index (χ3n) is 6.57. The molecule has 5 heteroatoms. The van der Waals surface area contributed by atoms with Gasteiger partial charge < -0.3 is 14.2 Å². The highest BCUT2D eigenvalue weighted by atomic mass is 16.5. The number of ketones is 1. The molecular weight excluding hydrogens is 436 g/mol. The zero-order valence-electron chi connectivity index (χ0n) is 22.1. The molecule has 0 bridgehead atoms. The van der Waals surface area contributed by atoms with E-state index in [9.17, 15) is 9.59 Å². The summed E-state index contributed by atoms with van der Waals surface area (Å²) in [4.78, 5) is 28.9. The zero-order valence-corrected chi connectivity index (χ0v) is 22.1. The van der Waals surface area contributed by atoms with E-state index in [0.717, 1.165) is 43.3 Å². The second-order valence-corrected chi connectivity index (χ2v) is 10.2. The molecule has 1 heterocycles. The van der Waals surface area contributed by atoms with Gasteiger partial charge in [0.25, 0.3) is 0 Å².